The first-order valence-electron chi connectivity index (χ1n) is 8.28. The Morgan fingerprint density at radius 1 is 1.15 bits per heavy atom. The Labute approximate surface area is 161 Å². The highest BCUT2D eigenvalue weighted by atomic mass is 79.9. The van der Waals surface area contributed by atoms with E-state index in [4.69, 9.17) is 4.74 Å². The number of anilines is 1. The largest absolute Gasteiger partial charge is 0.444 e. The van der Waals surface area contributed by atoms with E-state index in [9.17, 15) is 4.79 Å². The first kappa shape index (κ1) is 18.2. The van der Waals surface area contributed by atoms with Crippen LogP contribution in [0.5, 0.6) is 0 Å². The monoisotopic (exact) mass is 413 g/mol. The normalized spacial score (nSPS) is 10.6. The number of nitrogens with one attached hydrogen (secondary N) is 1. The molecule has 5 nitrogen and oxygen atoms in total. The topological polar surface area (TPSA) is 58.2 Å². The molecule has 2 aromatic carbocycles. The molecule has 1 heterocycles. The van der Waals surface area contributed by atoms with Gasteiger partial charge in [-0.25, -0.2) is 4.79 Å². The summed E-state index contributed by atoms with van der Waals surface area (Å²) in [6.45, 7) is 4.56. The number of halogens is 1. The van der Waals surface area contributed by atoms with E-state index in [1.165, 1.54) is 0 Å². The summed E-state index contributed by atoms with van der Waals surface area (Å²) in [6, 6.07) is 15.5. The summed E-state index contributed by atoms with van der Waals surface area (Å²) in [5, 5.41) is 6.88. The van der Waals surface area contributed by atoms with Crippen LogP contribution >= 0.6 is 15.9 Å². The molecule has 3 aromatic rings. The molecule has 3 rings (SSSR count). The van der Waals surface area contributed by atoms with Gasteiger partial charge in [-0.2, -0.15) is 5.10 Å². The Morgan fingerprint density at radius 3 is 2.46 bits per heavy atom. The van der Waals surface area contributed by atoms with Crippen LogP contribution in [-0.2, 0) is 17.9 Å². The lowest BCUT2D eigenvalue weighted by molar-refractivity contribution is 0.146. The van der Waals surface area contributed by atoms with E-state index in [2.05, 4.69) is 26.1 Å². The molecule has 0 fully saturated rings. The lowest BCUT2D eigenvalue weighted by Crippen LogP contribution is -2.32. The molecule has 0 aliphatic rings. The van der Waals surface area contributed by atoms with Crippen LogP contribution in [0.2, 0.25) is 0 Å². The maximum absolute atomic E-state index is 12.9. The summed E-state index contributed by atoms with van der Waals surface area (Å²) in [4.78, 5) is 14.5. The summed E-state index contributed by atoms with van der Waals surface area (Å²) in [6.07, 6.45) is 1.28. The van der Waals surface area contributed by atoms with Crippen LogP contribution in [0.15, 0.2) is 59.2 Å². The molecule has 0 radical (unpaired) electrons. The quantitative estimate of drug-likeness (QED) is 0.630. The van der Waals surface area contributed by atoms with Gasteiger partial charge in [-0.15, -0.1) is 0 Å². The van der Waals surface area contributed by atoms with Crippen LogP contribution in [0.4, 0.5) is 10.5 Å². The van der Waals surface area contributed by atoms with Crippen molar-refractivity contribution in [3.63, 3.8) is 0 Å². The van der Waals surface area contributed by atoms with Gasteiger partial charge in [0.2, 0.25) is 0 Å². The van der Waals surface area contributed by atoms with Gasteiger partial charge in [0, 0.05) is 10.7 Å². The van der Waals surface area contributed by atoms with E-state index < -0.39 is 6.09 Å². The second-order valence-electron chi connectivity index (χ2n) is 6.10. The van der Waals surface area contributed by atoms with Crippen molar-refractivity contribution < 1.29 is 9.53 Å². The van der Waals surface area contributed by atoms with Gasteiger partial charge in [-0.05, 0) is 48.7 Å². The number of ether oxygens (including phenoxy) is 1. The molecule has 134 valence electrons. The lowest BCUT2D eigenvalue weighted by atomic mass is 10.1. The minimum atomic E-state index is -0.392. The standard InChI is InChI=1S/C20H20BrN3O2/c1-14-10-17(21)11-15(2)19(14)24(12-18-8-9-22-23-18)20(25)26-13-16-6-4-3-5-7-16/h3-11H,12-13H2,1-2H3,(H,22,23). The van der Waals surface area contributed by atoms with Gasteiger partial charge in [0.05, 0.1) is 17.9 Å². The Kier molecular flexibility index (Phi) is 5.73. The predicted molar refractivity (Wildman–Crippen MR) is 105 cm³/mol. The number of carbonyl (C=O) groups is 1. The number of aryl methyl sites for hydroxylation is 2. The molecule has 0 aliphatic carbocycles. The lowest BCUT2D eigenvalue weighted by Gasteiger charge is -2.25. The summed E-state index contributed by atoms with van der Waals surface area (Å²) >= 11 is 3.50. The van der Waals surface area contributed by atoms with Crippen LogP contribution in [0.1, 0.15) is 22.4 Å². The fourth-order valence-corrected chi connectivity index (χ4v) is 3.59. The number of rotatable bonds is 5. The molecular formula is C20H20BrN3O2. The Bertz CT molecular complexity index is 856. The Hall–Kier alpha value is -2.60. The van der Waals surface area contributed by atoms with Gasteiger partial charge in [0.25, 0.3) is 0 Å². The van der Waals surface area contributed by atoms with Gasteiger partial charge in [0.1, 0.15) is 6.61 Å². The van der Waals surface area contributed by atoms with E-state index in [-0.39, 0.29) is 6.61 Å². The van der Waals surface area contributed by atoms with Crippen molar-refractivity contribution in [3.05, 3.63) is 81.6 Å². The number of benzene rings is 2. The third-order valence-corrected chi connectivity index (χ3v) is 4.50. The first-order valence-corrected chi connectivity index (χ1v) is 9.07. The van der Waals surface area contributed by atoms with Crippen LogP contribution in [0, 0.1) is 13.8 Å². The molecule has 0 saturated heterocycles. The molecule has 1 amide bonds. The molecule has 0 saturated carbocycles. The maximum Gasteiger partial charge on any atom is 0.415 e. The van der Waals surface area contributed by atoms with Crippen molar-refractivity contribution in [1.82, 2.24) is 10.2 Å². The summed E-state index contributed by atoms with van der Waals surface area (Å²) in [5.74, 6) is 0. The van der Waals surface area contributed by atoms with Crippen molar-refractivity contribution >= 4 is 27.7 Å². The zero-order valence-corrected chi connectivity index (χ0v) is 16.3. The van der Waals surface area contributed by atoms with Gasteiger partial charge >= 0.3 is 6.09 Å². The maximum atomic E-state index is 12.9. The van der Waals surface area contributed by atoms with E-state index in [0.717, 1.165) is 32.5 Å². The van der Waals surface area contributed by atoms with Crippen molar-refractivity contribution in [2.75, 3.05) is 4.90 Å². The molecule has 26 heavy (non-hydrogen) atoms. The fraction of sp³-hybridized carbons (Fsp3) is 0.200. The smallest absolute Gasteiger partial charge is 0.415 e. The average molecular weight is 414 g/mol. The minimum Gasteiger partial charge on any atom is -0.444 e. The molecule has 0 unspecified atom stereocenters. The number of H-pyrrole nitrogens is 1. The van der Waals surface area contributed by atoms with Crippen molar-refractivity contribution in [1.29, 1.82) is 0 Å². The summed E-state index contributed by atoms with van der Waals surface area (Å²) in [5.41, 5.74) is 4.62. The molecule has 0 spiro atoms. The van der Waals surface area contributed by atoms with E-state index >= 15 is 0 Å². The number of carbonyl (C=O) groups excluding carboxylic acids is 1. The molecular weight excluding hydrogens is 394 g/mol. The number of aromatic amines is 1. The second-order valence-corrected chi connectivity index (χ2v) is 7.01. The number of amides is 1. The van der Waals surface area contributed by atoms with Crippen molar-refractivity contribution in [3.8, 4) is 0 Å². The highest BCUT2D eigenvalue weighted by Crippen LogP contribution is 2.30. The molecule has 0 bridgehead atoms. The fourth-order valence-electron chi connectivity index (χ4n) is 2.90. The zero-order valence-electron chi connectivity index (χ0n) is 14.7. The molecule has 1 aromatic heterocycles. The highest BCUT2D eigenvalue weighted by molar-refractivity contribution is 9.10. The van der Waals surface area contributed by atoms with Crippen LogP contribution in [0.3, 0.4) is 0 Å². The molecule has 0 aliphatic heterocycles. The average Bonchev–Trinajstić information content (AvgIpc) is 3.12. The number of hydrogen-bond donors (Lipinski definition) is 1. The predicted octanol–water partition coefficient (Wildman–Crippen LogP) is 5.13. The summed E-state index contributed by atoms with van der Waals surface area (Å²) in [7, 11) is 0. The second kappa shape index (κ2) is 8.19. The summed E-state index contributed by atoms with van der Waals surface area (Å²) < 4.78 is 6.56. The van der Waals surface area contributed by atoms with Crippen LogP contribution in [-0.4, -0.2) is 16.3 Å². The Morgan fingerprint density at radius 2 is 1.85 bits per heavy atom. The van der Waals surface area contributed by atoms with Crippen molar-refractivity contribution in [2.24, 2.45) is 0 Å². The molecule has 6 heteroatoms. The number of aromatic nitrogens is 2. The first-order chi connectivity index (χ1) is 12.5. The Balaban J connectivity index is 1.87. The third-order valence-electron chi connectivity index (χ3n) is 4.04. The van der Waals surface area contributed by atoms with Gasteiger partial charge in [-0.3, -0.25) is 10.00 Å². The SMILES string of the molecule is Cc1cc(Br)cc(C)c1N(Cc1ccn[nH]1)C(=O)OCc1ccccc1. The van der Waals surface area contributed by atoms with Crippen LogP contribution in [0.25, 0.3) is 0 Å². The highest BCUT2D eigenvalue weighted by Gasteiger charge is 2.22. The van der Waals surface area contributed by atoms with E-state index in [1.54, 1.807) is 11.1 Å². The van der Waals surface area contributed by atoms with Gasteiger partial charge in [0.15, 0.2) is 0 Å². The van der Waals surface area contributed by atoms with Gasteiger partial charge in [-0.1, -0.05) is 46.3 Å². The third kappa shape index (κ3) is 4.32. The zero-order chi connectivity index (χ0) is 18.5. The van der Waals surface area contributed by atoms with E-state index in [1.807, 2.05) is 62.4 Å². The molecule has 1 N–H and O–H groups in total. The van der Waals surface area contributed by atoms with Crippen molar-refractivity contribution in [2.45, 2.75) is 27.0 Å². The van der Waals surface area contributed by atoms with Crippen LogP contribution < -0.4 is 4.90 Å². The number of hydrogen-bond acceptors (Lipinski definition) is 3. The minimum absolute atomic E-state index is 0.230. The number of nitrogens with zero attached hydrogens (tertiary/aromatic N) is 2. The molecule has 0 atom stereocenters. The van der Waals surface area contributed by atoms with Gasteiger partial charge < -0.3 is 4.74 Å². The van der Waals surface area contributed by atoms with E-state index in [0.29, 0.717) is 6.54 Å².